The highest BCUT2D eigenvalue weighted by Crippen LogP contribution is 2.60. The Balaban J connectivity index is 1.20. The van der Waals surface area contributed by atoms with E-state index in [1.165, 1.54) is 47.8 Å². The van der Waals surface area contributed by atoms with Gasteiger partial charge in [-0.15, -0.1) is 0 Å². The number of carbonyl (C=O) groups is 1. The van der Waals surface area contributed by atoms with Gasteiger partial charge in [0.15, 0.2) is 0 Å². The van der Waals surface area contributed by atoms with Crippen molar-refractivity contribution in [3.05, 3.63) is 30.1 Å². The molecule has 7 heteroatoms. The molecule has 164 valence electrons. The first-order chi connectivity index (χ1) is 14.4. The number of nitrogens with one attached hydrogen (secondary N) is 1. The van der Waals surface area contributed by atoms with E-state index in [0.29, 0.717) is 19.5 Å². The highest BCUT2D eigenvalue weighted by atomic mass is 32.2. The second-order valence-corrected chi connectivity index (χ2v) is 12.0. The Bertz CT molecular complexity index is 880. The Morgan fingerprint density at radius 3 is 2.27 bits per heavy atom. The van der Waals surface area contributed by atoms with Crippen LogP contribution in [0.15, 0.2) is 29.2 Å². The van der Waals surface area contributed by atoms with Crippen LogP contribution in [0.5, 0.6) is 0 Å². The molecule has 1 amide bonds. The van der Waals surface area contributed by atoms with Crippen LogP contribution in [0.3, 0.4) is 0 Å². The van der Waals surface area contributed by atoms with Crippen LogP contribution in [0.25, 0.3) is 0 Å². The SMILES string of the molecule is O=C(NCCC1CCCN1S(=O)(=O)c1ccc(F)cc1)C12CC3CC(CC(C3)C1)C2. The number of rotatable bonds is 6. The third-order valence-electron chi connectivity index (χ3n) is 8.03. The molecule has 30 heavy (non-hydrogen) atoms. The van der Waals surface area contributed by atoms with E-state index in [1.807, 2.05) is 0 Å². The van der Waals surface area contributed by atoms with Gasteiger partial charge >= 0.3 is 0 Å². The molecule has 1 aromatic rings. The summed E-state index contributed by atoms with van der Waals surface area (Å²) in [6, 6.07) is 4.91. The molecule has 0 radical (unpaired) electrons. The zero-order valence-electron chi connectivity index (χ0n) is 17.4. The van der Waals surface area contributed by atoms with Gasteiger partial charge in [-0.05, 0) is 99.8 Å². The third kappa shape index (κ3) is 3.58. The van der Waals surface area contributed by atoms with Gasteiger partial charge in [0.25, 0.3) is 0 Å². The maximum Gasteiger partial charge on any atom is 0.243 e. The lowest BCUT2D eigenvalue weighted by atomic mass is 9.49. The summed E-state index contributed by atoms with van der Waals surface area (Å²) in [4.78, 5) is 13.3. The number of amides is 1. The Labute approximate surface area is 178 Å². The van der Waals surface area contributed by atoms with Gasteiger partial charge in [0.1, 0.15) is 5.82 Å². The van der Waals surface area contributed by atoms with Gasteiger partial charge in [0.2, 0.25) is 15.9 Å². The summed E-state index contributed by atoms with van der Waals surface area (Å²) in [6.07, 6.45) is 9.29. The predicted octanol–water partition coefficient (Wildman–Crippen LogP) is 3.70. The quantitative estimate of drug-likeness (QED) is 0.742. The summed E-state index contributed by atoms with van der Waals surface area (Å²) in [5.74, 6) is 1.95. The van der Waals surface area contributed by atoms with E-state index in [4.69, 9.17) is 0 Å². The molecule has 1 N–H and O–H groups in total. The number of benzene rings is 1. The minimum absolute atomic E-state index is 0.114. The van der Waals surface area contributed by atoms with E-state index in [2.05, 4.69) is 5.32 Å². The first-order valence-corrected chi connectivity index (χ1v) is 12.9. The number of sulfonamides is 1. The van der Waals surface area contributed by atoms with Gasteiger partial charge < -0.3 is 5.32 Å². The lowest BCUT2D eigenvalue weighted by molar-refractivity contribution is -0.146. The largest absolute Gasteiger partial charge is 0.356 e. The maximum absolute atomic E-state index is 13.2. The average Bonchev–Trinajstić information content (AvgIpc) is 3.17. The monoisotopic (exact) mass is 434 g/mol. The molecule has 4 bridgehead atoms. The molecule has 1 saturated heterocycles. The van der Waals surface area contributed by atoms with E-state index >= 15 is 0 Å². The molecule has 5 fully saturated rings. The van der Waals surface area contributed by atoms with E-state index < -0.39 is 15.8 Å². The van der Waals surface area contributed by atoms with Crippen molar-refractivity contribution in [2.75, 3.05) is 13.1 Å². The van der Waals surface area contributed by atoms with Crippen LogP contribution in [-0.2, 0) is 14.8 Å². The summed E-state index contributed by atoms with van der Waals surface area (Å²) >= 11 is 0. The predicted molar refractivity (Wildman–Crippen MR) is 112 cm³/mol. The van der Waals surface area contributed by atoms with Crippen molar-refractivity contribution in [1.29, 1.82) is 0 Å². The van der Waals surface area contributed by atoms with Crippen LogP contribution < -0.4 is 5.32 Å². The van der Waals surface area contributed by atoms with Crippen molar-refractivity contribution in [3.8, 4) is 0 Å². The number of nitrogens with zero attached hydrogens (tertiary/aromatic N) is 1. The molecule has 1 unspecified atom stereocenters. The number of hydrogen-bond acceptors (Lipinski definition) is 3. The van der Waals surface area contributed by atoms with Crippen molar-refractivity contribution >= 4 is 15.9 Å². The average molecular weight is 435 g/mol. The van der Waals surface area contributed by atoms with E-state index in [0.717, 1.165) is 49.9 Å². The number of halogens is 1. The minimum atomic E-state index is -3.64. The van der Waals surface area contributed by atoms with Gasteiger partial charge in [-0.1, -0.05) is 0 Å². The fraction of sp³-hybridized carbons (Fsp3) is 0.696. The molecule has 1 aromatic carbocycles. The summed E-state index contributed by atoms with van der Waals surface area (Å²) < 4.78 is 40.7. The van der Waals surface area contributed by atoms with Gasteiger partial charge in [0.05, 0.1) is 4.90 Å². The van der Waals surface area contributed by atoms with Crippen LogP contribution in [-0.4, -0.2) is 37.8 Å². The lowest BCUT2D eigenvalue weighted by Gasteiger charge is -2.55. The van der Waals surface area contributed by atoms with Crippen molar-refractivity contribution in [2.24, 2.45) is 23.2 Å². The molecule has 4 saturated carbocycles. The van der Waals surface area contributed by atoms with E-state index in [9.17, 15) is 17.6 Å². The second-order valence-electron chi connectivity index (χ2n) is 10.1. The van der Waals surface area contributed by atoms with Crippen molar-refractivity contribution in [1.82, 2.24) is 9.62 Å². The standard InChI is InChI=1S/C23H31FN2O3S/c24-19-3-5-21(6-4-19)30(28,29)26-9-1-2-20(26)7-8-25-22(27)23-13-16-10-17(14-23)12-18(11-16)15-23/h3-6,16-18,20H,1-2,7-15H2,(H,25,27). The molecular formula is C23H31FN2O3S. The molecule has 6 rings (SSSR count). The molecule has 0 aromatic heterocycles. The zero-order chi connectivity index (χ0) is 20.9. The summed E-state index contributed by atoms with van der Waals surface area (Å²) in [7, 11) is -3.64. The molecule has 1 atom stereocenters. The molecule has 5 aliphatic rings. The number of carbonyl (C=O) groups excluding carboxylic acids is 1. The van der Waals surface area contributed by atoms with E-state index in [-0.39, 0.29) is 22.3 Å². The first kappa shape index (κ1) is 20.4. The summed E-state index contributed by atoms with van der Waals surface area (Å²) in [6.45, 7) is 0.994. The first-order valence-electron chi connectivity index (χ1n) is 11.4. The molecule has 1 heterocycles. The van der Waals surface area contributed by atoms with Crippen LogP contribution in [0.1, 0.15) is 57.8 Å². The van der Waals surface area contributed by atoms with Gasteiger partial charge in [-0.3, -0.25) is 4.79 Å². The number of hydrogen-bond donors (Lipinski definition) is 1. The second kappa shape index (κ2) is 7.59. The summed E-state index contributed by atoms with van der Waals surface area (Å²) in [5, 5.41) is 3.18. The van der Waals surface area contributed by atoms with E-state index in [1.54, 1.807) is 0 Å². The molecule has 4 aliphatic carbocycles. The summed E-state index contributed by atoms with van der Waals surface area (Å²) in [5.41, 5.74) is -0.162. The van der Waals surface area contributed by atoms with Crippen LogP contribution in [0.2, 0.25) is 0 Å². The zero-order valence-corrected chi connectivity index (χ0v) is 18.2. The van der Waals surface area contributed by atoms with Crippen LogP contribution >= 0.6 is 0 Å². The Hall–Kier alpha value is -1.47. The topological polar surface area (TPSA) is 66.5 Å². The van der Waals surface area contributed by atoms with Crippen LogP contribution in [0.4, 0.5) is 4.39 Å². The molecular weight excluding hydrogens is 403 g/mol. The maximum atomic E-state index is 13.2. The fourth-order valence-electron chi connectivity index (χ4n) is 7.08. The highest BCUT2D eigenvalue weighted by molar-refractivity contribution is 7.89. The third-order valence-corrected chi connectivity index (χ3v) is 9.99. The smallest absolute Gasteiger partial charge is 0.243 e. The van der Waals surface area contributed by atoms with Crippen molar-refractivity contribution < 1.29 is 17.6 Å². The van der Waals surface area contributed by atoms with Gasteiger partial charge in [-0.25, -0.2) is 12.8 Å². The van der Waals surface area contributed by atoms with Gasteiger partial charge in [0, 0.05) is 24.5 Å². The van der Waals surface area contributed by atoms with Crippen molar-refractivity contribution in [2.45, 2.75) is 68.7 Å². The van der Waals surface area contributed by atoms with Gasteiger partial charge in [-0.2, -0.15) is 4.31 Å². The molecule has 5 nitrogen and oxygen atoms in total. The Morgan fingerprint density at radius 2 is 1.67 bits per heavy atom. The Kier molecular flexibility index (Phi) is 5.17. The minimum Gasteiger partial charge on any atom is -0.356 e. The molecule has 1 aliphatic heterocycles. The normalized spacial score (nSPS) is 35.6. The lowest BCUT2D eigenvalue weighted by Crippen LogP contribution is -2.54. The Morgan fingerprint density at radius 1 is 1.07 bits per heavy atom. The van der Waals surface area contributed by atoms with Crippen molar-refractivity contribution in [3.63, 3.8) is 0 Å². The van der Waals surface area contributed by atoms with Crippen LogP contribution in [0, 0.1) is 29.0 Å². The highest BCUT2D eigenvalue weighted by Gasteiger charge is 2.54. The fourth-order valence-corrected chi connectivity index (χ4v) is 8.81. The molecule has 0 spiro atoms.